The van der Waals surface area contributed by atoms with Crippen molar-refractivity contribution in [3.05, 3.63) is 108 Å². The molecule has 0 aliphatic heterocycles. The molecule has 0 amide bonds. The summed E-state index contributed by atoms with van der Waals surface area (Å²) in [6.45, 7) is 12.5. The van der Waals surface area contributed by atoms with Gasteiger partial charge in [0.2, 0.25) is 0 Å². The number of aryl methyl sites for hydroxylation is 1. The monoisotopic (exact) mass is 851 g/mol. The van der Waals surface area contributed by atoms with E-state index in [1.807, 2.05) is 0 Å². The Morgan fingerprint density at radius 3 is 1.70 bits per heavy atom. The average Bonchev–Trinajstić information content (AvgIpc) is 3.24. The third-order valence-corrected chi connectivity index (χ3v) is 9.37. The molecule has 0 saturated heterocycles. The van der Waals surface area contributed by atoms with Crippen molar-refractivity contribution in [2.45, 2.75) is 53.0 Å². The van der Waals surface area contributed by atoms with E-state index in [1.54, 1.807) is 0 Å². The number of para-hydroxylation sites is 1. The van der Waals surface area contributed by atoms with Crippen LogP contribution in [0.5, 0.6) is 0 Å². The van der Waals surface area contributed by atoms with E-state index in [9.17, 15) is 0 Å². The zero-order valence-corrected chi connectivity index (χ0v) is 29.7. The molecule has 0 aliphatic rings. The van der Waals surface area contributed by atoms with Crippen LogP contribution in [0.3, 0.4) is 0 Å². The molecule has 0 spiro atoms. The number of hydrogen-bond acceptors (Lipinski definition) is 0. The molecule has 0 bridgehead atoms. The minimum atomic E-state index is -0.841. The molecule has 1 aromatic heterocycles. The molecule has 0 unspecified atom stereocenters. The first kappa shape index (κ1) is 31.2. The van der Waals surface area contributed by atoms with E-state index in [0.29, 0.717) is 11.8 Å². The molecular weight excluding hydrogens is 815 g/mol. The summed E-state index contributed by atoms with van der Waals surface area (Å²) in [5, 5.41) is 2.97. The quantitative estimate of drug-likeness (QED) is 0.0727. The third kappa shape index (κ3) is 8.85. The van der Waals surface area contributed by atoms with Gasteiger partial charge < -0.3 is 0 Å². The van der Waals surface area contributed by atoms with Gasteiger partial charge in [-0.05, 0) is 36.1 Å². The third-order valence-electron chi connectivity index (χ3n) is 6.59. The van der Waals surface area contributed by atoms with Crippen LogP contribution >= 0.6 is 56.5 Å². The molecule has 4 aromatic rings. The Morgan fingerprint density at radius 1 is 0.811 bits per heavy atom. The molecule has 37 heavy (non-hydrogen) atoms. The first-order valence-corrected chi connectivity index (χ1v) is 25.5. The summed E-state index contributed by atoms with van der Waals surface area (Å²) >= 11 is 4.42. The van der Waals surface area contributed by atoms with Crippen molar-refractivity contribution in [2.24, 2.45) is 0 Å². The molecule has 0 radical (unpaired) electrons. The van der Waals surface area contributed by atoms with Crippen LogP contribution in [-0.2, 0) is 15.1 Å². The molecule has 2 nitrogen and oxygen atoms in total. The summed E-state index contributed by atoms with van der Waals surface area (Å²) in [6, 6.07) is 28.9. The second-order valence-electron chi connectivity index (χ2n) is 9.60. The van der Waals surface area contributed by atoms with Crippen LogP contribution in [0.25, 0.3) is 5.69 Å². The first-order valence-electron chi connectivity index (χ1n) is 12.5. The Labute approximate surface area is 255 Å². The van der Waals surface area contributed by atoms with Crippen molar-refractivity contribution in [3.8, 4) is 5.69 Å². The van der Waals surface area contributed by atoms with Gasteiger partial charge in [0.1, 0.15) is 30.8 Å². The standard InChI is InChI=1S/C30H36N2P.ClH.2HI.Pd/c1-23(2)28-17-12-18-29(24(3)4)30(28)32-20-19-31(25(32)5)21-22-33(26-13-8-6-9-14-26)27-15-10-7-11-16-27;;;;/h6-20,23-24H,21-22H2,1-5H3;3*1H;/q+1;;;;+3/p-2. The van der Waals surface area contributed by atoms with Gasteiger partial charge in [-0.3, -0.25) is 0 Å². The maximum absolute atomic E-state index is 5.36. The van der Waals surface area contributed by atoms with Crippen LogP contribution in [0.15, 0.2) is 91.3 Å². The SMILES string of the molecule is Cc1n(-c2c(C(C)C)cccc2C(C)C)cc[n+]1CC[PH+](c1ccccc1)c1ccccc1.[Cl][Pd]([I])[I]. The van der Waals surface area contributed by atoms with Gasteiger partial charge in [0.05, 0.1) is 18.5 Å². The summed E-state index contributed by atoms with van der Waals surface area (Å²) in [5.41, 5.74) is 4.21. The van der Waals surface area contributed by atoms with Gasteiger partial charge in [0.25, 0.3) is 5.82 Å². The maximum atomic E-state index is 5.36. The van der Waals surface area contributed by atoms with E-state index in [-0.39, 0.29) is 0 Å². The van der Waals surface area contributed by atoms with Gasteiger partial charge in [-0.1, -0.05) is 82.3 Å². The molecule has 0 fully saturated rings. The second kappa shape index (κ2) is 15.5. The Morgan fingerprint density at radius 2 is 1.27 bits per heavy atom. The Balaban J connectivity index is 0.000000886. The molecular formula is C30H37ClI2N2PPd+2. The predicted octanol–water partition coefficient (Wildman–Crippen LogP) is 8.64. The van der Waals surface area contributed by atoms with Crippen molar-refractivity contribution in [2.75, 3.05) is 6.16 Å². The molecule has 201 valence electrons. The molecule has 1 heterocycles. The van der Waals surface area contributed by atoms with Gasteiger partial charge in [-0.25, -0.2) is 4.57 Å². The van der Waals surface area contributed by atoms with Crippen LogP contribution in [0.4, 0.5) is 0 Å². The van der Waals surface area contributed by atoms with E-state index >= 15 is 0 Å². The van der Waals surface area contributed by atoms with Crippen molar-refractivity contribution in [3.63, 3.8) is 0 Å². The number of hydrogen-bond donors (Lipinski definition) is 0. The van der Waals surface area contributed by atoms with Crippen molar-refractivity contribution < 1.29 is 13.1 Å². The number of imidazole rings is 1. The summed E-state index contributed by atoms with van der Waals surface area (Å²) in [7, 11) is 3.95. The molecule has 4 rings (SSSR count). The van der Waals surface area contributed by atoms with Crippen molar-refractivity contribution >= 4 is 67.1 Å². The van der Waals surface area contributed by atoms with Crippen LogP contribution in [0.2, 0.25) is 0 Å². The van der Waals surface area contributed by atoms with Crippen LogP contribution in [0.1, 0.15) is 56.5 Å². The zero-order chi connectivity index (χ0) is 26.9. The topological polar surface area (TPSA) is 8.81 Å². The Bertz CT molecular complexity index is 1180. The number of halogens is 3. The van der Waals surface area contributed by atoms with Crippen molar-refractivity contribution in [1.82, 2.24) is 4.57 Å². The molecule has 0 saturated carbocycles. The number of rotatable bonds is 8. The van der Waals surface area contributed by atoms with E-state index < -0.39 is 16.4 Å². The fraction of sp³-hybridized carbons (Fsp3) is 0.300. The second-order valence-corrected chi connectivity index (χ2v) is 34.9. The Hall–Kier alpha value is -0.288. The predicted molar refractivity (Wildman–Crippen MR) is 178 cm³/mol. The van der Waals surface area contributed by atoms with Gasteiger partial charge in [-0.2, -0.15) is 4.57 Å². The summed E-state index contributed by atoms with van der Waals surface area (Å²) in [5.74, 6) is 2.27. The molecule has 0 N–H and O–H groups in total. The first-order chi connectivity index (χ1) is 17.7. The number of benzene rings is 3. The average molecular weight is 852 g/mol. The molecule has 7 heteroatoms. The number of aromatic nitrogens is 2. The zero-order valence-electron chi connectivity index (χ0n) is 22.1. The molecule has 0 aliphatic carbocycles. The van der Waals surface area contributed by atoms with Crippen LogP contribution < -0.4 is 15.2 Å². The van der Waals surface area contributed by atoms with E-state index in [1.165, 1.54) is 33.2 Å². The van der Waals surface area contributed by atoms with Gasteiger partial charge >= 0.3 is 57.1 Å². The Kier molecular flexibility index (Phi) is 13.1. The molecule has 3 aromatic carbocycles. The minimum absolute atomic E-state index is 0.486. The van der Waals surface area contributed by atoms with Gasteiger partial charge in [0.15, 0.2) is 0 Å². The molecule has 0 atom stereocenters. The summed E-state index contributed by atoms with van der Waals surface area (Å²) in [6.07, 6.45) is 5.70. The fourth-order valence-corrected chi connectivity index (χ4v) is 7.29. The van der Waals surface area contributed by atoms with Crippen LogP contribution in [-0.4, -0.2) is 10.7 Å². The van der Waals surface area contributed by atoms with Crippen molar-refractivity contribution in [1.29, 1.82) is 0 Å². The van der Waals surface area contributed by atoms with Gasteiger partial charge in [-0.15, -0.1) is 0 Å². The fourth-order valence-electron chi connectivity index (χ4n) is 4.73. The van der Waals surface area contributed by atoms with E-state index in [0.717, 1.165) is 12.7 Å². The van der Waals surface area contributed by atoms with Crippen LogP contribution in [0, 0.1) is 6.92 Å². The number of nitrogens with zero attached hydrogens (tertiary/aromatic N) is 2. The normalized spacial score (nSPS) is 11.6. The van der Waals surface area contributed by atoms with E-state index in [2.05, 4.69) is 174 Å². The summed E-state index contributed by atoms with van der Waals surface area (Å²) in [4.78, 5) is 0. The van der Waals surface area contributed by atoms with Gasteiger partial charge in [0, 0.05) is 18.1 Å². The summed E-state index contributed by atoms with van der Waals surface area (Å²) < 4.78 is 4.86. The van der Waals surface area contributed by atoms with E-state index in [4.69, 9.17) is 9.53 Å².